The van der Waals surface area contributed by atoms with Crippen molar-refractivity contribution in [2.75, 3.05) is 19.7 Å². The van der Waals surface area contributed by atoms with Crippen molar-refractivity contribution in [1.82, 2.24) is 9.44 Å². The lowest BCUT2D eigenvalue weighted by atomic mass is 10.5. The van der Waals surface area contributed by atoms with Gasteiger partial charge in [0.2, 0.25) is 0 Å². The van der Waals surface area contributed by atoms with Crippen LogP contribution in [0.15, 0.2) is 0 Å². The van der Waals surface area contributed by atoms with Gasteiger partial charge in [-0.1, -0.05) is 6.92 Å². The first-order chi connectivity index (χ1) is 5.12. The summed E-state index contributed by atoms with van der Waals surface area (Å²) in [7, 11) is -3.31. The highest BCUT2D eigenvalue weighted by Gasteiger charge is 2.04. The molecule has 3 N–H and O–H groups in total. The molecule has 68 valence electrons. The molecule has 0 aliphatic carbocycles. The van der Waals surface area contributed by atoms with E-state index in [9.17, 15) is 8.42 Å². The van der Waals surface area contributed by atoms with Crippen LogP contribution < -0.4 is 9.44 Å². The smallest absolute Gasteiger partial charge is 0.276 e. The van der Waals surface area contributed by atoms with Crippen molar-refractivity contribution in [2.24, 2.45) is 0 Å². The Hall–Kier alpha value is -0.170. The Labute approximate surface area is 67.0 Å². The molecule has 0 aromatic rings. The maximum Gasteiger partial charge on any atom is 0.276 e. The van der Waals surface area contributed by atoms with E-state index in [1.54, 1.807) is 6.92 Å². The molecular weight excluding hydrogens is 168 g/mol. The summed E-state index contributed by atoms with van der Waals surface area (Å²) < 4.78 is 26.1. The summed E-state index contributed by atoms with van der Waals surface area (Å²) in [6, 6.07) is 0. The lowest BCUT2D eigenvalue weighted by Gasteiger charge is -2.04. The number of hydrogen-bond acceptors (Lipinski definition) is 3. The molecule has 5 nitrogen and oxygen atoms in total. The van der Waals surface area contributed by atoms with E-state index in [1.807, 2.05) is 0 Å². The Morgan fingerprint density at radius 2 is 2.00 bits per heavy atom. The third kappa shape index (κ3) is 6.24. The molecule has 0 saturated carbocycles. The molecule has 0 heterocycles. The largest absolute Gasteiger partial charge is 0.396 e. The van der Waals surface area contributed by atoms with Crippen LogP contribution in [0.2, 0.25) is 0 Å². The van der Waals surface area contributed by atoms with E-state index in [4.69, 9.17) is 5.11 Å². The van der Waals surface area contributed by atoms with Crippen molar-refractivity contribution >= 4 is 10.2 Å². The fourth-order valence-corrected chi connectivity index (χ4v) is 1.42. The third-order valence-corrected chi connectivity index (χ3v) is 2.21. The van der Waals surface area contributed by atoms with Gasteiger partial charge in [0.25, 0.3) is 10.2 Å². The van der Waals surface area contributed by atoms with Gasteiger partial charge >= 0.3 is 0 Å². The van der Waals surface area contributed by atoms with E-state index in [0.29, 0.717) is 13.0 Å². The summed E-state index contributed by atoms with van der Waals surface area (Å²) in [5, 5.41) is 8.34. The van der Waals surface area contributed by atoms with E-state index < -0.39 is 10.2 Å². The molecule has 0 bridgehead atoms. The van der Waals surface area contributed by atoms with Gasteiger partial charge in [-0.25, -0.2) is 9.44 Å². The predicted octanol–water partition coefficient (Wildman–Crippen LogP) is -1.19. The first-order valence-corrected chi connectivity index (χ1v) is 4.96. The molecule has 0 aliphatic heterocycles. The van der Waals surface area contributed by atoms with Gasteiger partial charge in [-0.2, -0.15) is 8.42 Å². The number of hydrogen-bond donors (Lipinski definition) is 3. The van der Waals surface area contributed by atoms with Crippen LogP contribution in [0, 0.1) is 0 Å². The predicted molar refractivity (Wildman–Crippen MR) is 42.3 cm³/mol. The van der Waals surface area contributed by atoms with Crippen molar-refractivity contribution in [3.63, 3.8) is 0 Å². The van der Waals surface area contributed by atoms with Crippen LogP contribution in [-0.4, -0.2) is 33.2 Å². The summed E-state index contributed by atoms with van der Waals surface area (Å²) in [4.78, 5) is 0. The van der Waals surface area contributed by atoms with Gasteiger partial charge < -0.3 is 5.11 Å². The van der Waals surface area contributed by atoms with Crippen molar-refractivity contribution in [3.8, 4) is 0 Å². The Balaban J connectivity index is 3.56. The van der Waals surface area contributed by atoms with Crippen molar-refractivity contribution in [3.05, 3.63) is 0 Å². The Morgan fingerprint density at radius 1 is 1.36 bits per heavy atom. The van der Waals surface area contributed by atoms with Gasteiger partial charge in [0.05, 0.1) is 0 Å². The number of aliphatic hydroxyl groups excluding tert-OH is 1. The van der Waals surface area contributed by atoms with Crippen LogP contribution >= 0.6 is 0 Å². The van der Waals surface area contributed by atoms with Gasteiger partial charge in [0, 0.05) is 19.7 Å². The third-order valence-electron chi connectivity index (χ3n) is 0.961. The SMILES string of the molecule is CCNS(=O)(=O)NCCCO. The van der Waals surface area contributed by atoms with E-state index >= 15 is 0 Å². The highest BCUT2D eigenvalue weighted by molar-refractivity contribution is 7.87. The van der Waals surface area contributed by atoms with E-state index in [-0.39, 0.29) is 13.2 Å². The molecule has 11 heavy (non-hydrogen) atoms. The normalized spacial score (nSPS) is 11.8. The molecule has 0 fully saturated rings. The fourth-order valence-electron chi connectivity index (χ4n) is 0.527. The van der Waals surface area contributed by atoms with Crippen LogP contribution in [0.5, 0.6) is 0 Å². The molecular formula is C5H14N2O3S. The van der Waals surface area contributed by atoms with Gasteiger partial charge in [-0.05, 0) is 6.42 Å². The first-order valence-electron chi connectivity index (χ1n) is 3.47. The average molecular weight is 182 g/mol. The summed E-state index contributed by atoms with van der Waals surface area (Å²) in [5.74, 6) is 0. The lowest BCUT2D eigenvalue weighted by Crippen LogP contribution is -2.37. The van der Waals surface area contributed by atoms with E-state index in [0.717, 1.165) is 0 Å². The Morgan fingerprint density at radius 3 is 2.45 bits per heavy atom. The van der Waals surface area contributed by atoms with E-state index in [1.165, 1.54) is 0 Å². The number of rotatable bonds is 6. The summed E-state index contributed by atoms with van der Waals surface area (Å²) in [6.45, 7) is 2.33. The molecule has 0 spiro atoms. The Kier molecular flexibility index (Phi) is 5.39. The van der Waals surface area contributed by atoms with Gasteiger partial charge in [0.15, 0.2) is 0 Å². The van der Waals surface area contributed by atoms with Crippen LogP contribution in [0.1, 0.15) is 13.3 Å². The quantitative estimate of drug-likeness (QED) is 0.452. The second-order valence-electron chi connectivity index (χ2n) is 1.97. The van der Waals surface area contributed by atoms with Crippen LogP contribution in [0.4, 0.5) is 0 Å². The van der Waals surface area contributed by atoms with Crippen LogP contribution in [0.3, 0.4) is 0 Å². The molecule has 0 atom stereocenters. The standard InChI is InChI=1S/C5H14N2O3S/c1-2-6-11(9,10)7-4-3-5-8/h6-8H,2-5H2,1H3. The van der Waals surface area contributed by atoms with Gasteiger partial charge in [0.1, 0.15) is 0 Å². The van der Waals surface area contributed by atoms with Gasteiger partial charge in [-0.3, -0.25) is 0 Å². The fraction of sp³-hybridized carbons (Fsp3) is 1.00. The molecule has 0 saturated heterocycles. The van der Waals surface area contributed by atoms with Crippen LogP contribution in [0.25, 0.3) is 0 Å². The highest BCUT2D eigenvalue weighted by Crippen LogP contribution is 1.77. The maximum absolute atomic E-state index is 10.8. The monoisotopic (exact) mass is 182 g/mol. The summed E-state index contributed by atoms with van der Waals surface area (Å²) in [5.41, 5.74) is 0. The maximum atomic E-state index is 10.8. The summed E-state index contributed by atoms with van der Waals surface area (Å²) in [6.07, 6.45) is 0.435. The zero-order valence-electron chi connectivity index (χ0n) is 6.50. The Bertz CT molecular complexity index is 178. The zero-order valence-corrected chi connectivity index (χ0v) is 7.32. The zero-order chi connectivity index (χ0) is 8.74. The topological polar surface area (TPSA) is 78.4 Å². The number of nitrogens with one attached hydrogen (secondary N) is 2. The van der Waals surface area contributed by atoms with Crippen molar-refractivity contribution < 1.29 is 13.5 Å². The van der Waals surface area contributed by atoms with Crippen LogP contribution in [-0.2, 0) is 10.2 Å². The summed E-state index contributed by atoms with van der Waals surface area (Å²) >= 11 is 0. The minimum absolute atomic E-state index is 0.00531. The molecule has 6 heteroatoms. The minimum atomic E-state index is -3.31. The minimum Gasteiger partial charge on any atom is -0.396 e. The molecule has 0 aliphatic rings. The van der Waals surface area contributed by atoms with Gasteiger partial charge in [-0.15, -0.1) is 0 Å². The second kappa shape index (κ2) is 5.48. The molecule has 0 amide bonds. The molecule has 0 unspecified atom stereocenters. The van der Waals surface area contributed by atoms with E-state index in [2.05, 4.69) is 9.44 Å². The lowest BCUT2D eigenvalue weighted by molar-refractivity contribution is 0.289. The second-order valence-corrected chi connectivity index (χ2v) is 3.56. The first kappa shape index (κ1) is 10.8. The molecule has 0 radical (unpaired) electrons. The molecule has 0 aromatic heterocycles. The van der Waals surface area contributed by atoms with Crippen molar-refractivity contribution in [2.45, 2.75) is 13.3 Å². The van der Waals surface area contributed by atoms with Crippen molar-refractivity contribution in [1.29, 1.82) is 0 Å². The molecule has 0 rings (SSSR count). The number of aliphatic hydroxyl groups is 1. The molecule has 0 aromatic carbocycles. The average Bonchev–Trinajstić information content (AvgIpc) is 1.87. The highest BCUT2D eigenvalue weighted by atomic mass is 32.2.